The van der Waals surface area contributed by atoms with Crippen LogP contribution in [0.1, 0.15) is 31.7 Å². The molecule has 2 atom stereocenters. The summed E-state index contributed by atoms with van der Waals surface area (Å²) >= 11 is 0. The number of aryl methyl sites for hydroxylation is 2. The summed E-state index contributed by atoms with van der Waals surface area (Å²) in [4.78, 5) is 11.1. The average molecular weight is 290 g/mol. The Bertz CT molecular complexity index is 544. The van der Waals surface area contributed by atoms with Gasteiger partial charge in [-0.2, -0.15) is 4.72 Å². The van der Waals surface area contributed by atoms with E-state index in [1.807, 2.05) is 0 Å². The molecule has 2 N–H and O–H groups in total. The molecule has 1 aromatic heterocycles. The zero-order chi connectivity index (χ0) is 14.8. The zero-order valence-corrected chi connectivity index (χ0v) is 12.1. The first-order valence-corrected chi connectivity index (χ1v) is 7.37. The number of aromatic nitrogens is 1. The standard InChI is InChI=1S/C11H18N2O5S/c1-5-6(2)9(11(14)15)13-19(16,17)10-7(3)12-18-8(10)4/h6,9,13H,5H2,1-4H3,(H,14,15). The number of sulfonamides is 1. The Morgan fingerprint density at radius 3 is 2.42 bits per heavy atom. The number of nitrogens with zero attached hydrogens (tertiary/aromatic N) is 1. The van der Waals surface area contributed by atoms with Gasteiger partial charge in [0.25, 0.3) is 0 Å². The number of hydrogen-bond donors (Lipinski definition) is 2. The Balaban J connectivity index is 3.12. The van der Waals surface area contributed by atoms with Gasteiger partial charge in [-0.1, -0.05) is 25.4 Å². The number of rotatable bonds is 6. The van der Waals surface area contributed by atoms with E-state index in [-0.39, 0.29) is 22.3 Å². The number of carboxylic acid groups (broad SMARTS) is 1. The van der Waals surface area contributed by atoms with Gasteiger partial charge in [-0.25, -0.2) is 8.42 Å². The van der Waals surface area contributed by atoms with Crippen molar-refractivity contribution in [3.05, 3.63) is 11.5 Å². The number of aliphatic carboxylic acids is 1. The van der Waals surface area contributed by atoms with Gasteiger partial charge in [0.2, 0.25) is 10.0 Å². The van der Waals surface area contributed by atoms with Crippen molar-refractivity contribution in [2.24, 2.45) is 5.92 Å². The van der Waals surface area contributed by atoms with E-state index in [1.165, 1.54) is 13.8 Å². The first-order chi connectivity index (χ1) is 8.70. The minimum Gasteiger partial charge on any atom is -0.480 e. The maximum Gasteiger partial charge on any atom is 0.322 e. The van der Waals surface area contributed by atoms with Gasteiger partial charge < -0.3 is 9.63 Å². The number of carboxylic acids is 1. The highest BCUT2D eigenvalue weighted by Gasteiger charge is 2.32. The fraction of sp³-hybridized carbons (Fsp3) is 0.636. The first-order valence-electron chi connectivity index (χ1n) is 5.88. The van der Waals surface area contributed by atoms with Crippen molar-refractivity contribution in [1.82, 2.24) is 9.88 Å². The van der Waals surface area contributed by atoms with Gasteiger partial charge in [-0.3, -0.25) is 4.79 Å². The Morgan fingerprint density at radius 1 is 1.47 bits per heavy atom. The Labute approximate surface area is 112 Å². The van der Waals surface area contributed by atoms with Crippen LogP contribution in [-0.4, -0.2) is 30.7 Å². The summed E-state index contributed by atoms with van der Waals surface area (Å²) in [7, 11) is -3.96. The molecule has 1 heterocycles. The quantitative estimate of drug-likeness (QED) is 0.811. The molecule has 0 amide bonds. The molecular weight excluding hydrogens is 272 g/mol. The van der Waals surface area contributed by atoms with Gasteiger partial charge in [0.05, 0.1) is 0 Å². The third kappa shape index (κ3) is 3.32. The lowest BCUT2D eigenvalue weighted by atomic mass is 10.0. The number of hydrogen-bond acceptors (Lipinski definition) is 5. The molecule has 2 unspecified atom stereocenters. The van der Waals surface area contributed by atoms with Gasteiger partial charge in [0.1, 0.15) is 16.6 Å². The molecule has 8 heteroatoms. The second kappa shape index (κ2) is 5.70. The minimum absolute atomic E-state index is 0.0953. The second-order valence-electron chi connectivity index (χ2n) is 4.48. The van der Waals surface area contributed by atoms with E-state index >= 15 is 0 Å². The molecule has 1 aromatic rings. The van der Waals surface area contributed by atoms with E-state index in [0.29, 0.717) is 6.42 Å². The molecular formula is C11H18N2O5S. The fourth-order valence-corrected chi connectivity index (χ4v) is 3.36. The highest BCUT2D eigenvalue weighted by Crippen LogP contribution is 2.20. The molecule has 0 aromatic carbocycles. The van der Waals surface area contributed by atoms with Gasteiger partial charge in [-0.05, 0) is 19.8 Å². The van der Waals surface area contributed by atoms with Crippen molar-refractivity contribution in [3.63, 3.8) is 0 Å². The molecule has 108 valence electrons. The molecule has 0 aliphatic heterocycles. The summed E-state index contributed by atoms with van der Waals surface area (Å²) < 4.78 is 31.4. The van der Waals surface area contributed by atoms with Gasteiger partial charge >= 0.3 is 5.97 Å². The number of carbonyl (C=O) groups is 1. The summed E-state index contributed by atoms with van der Waals surface area (Å²) in [5.74, 6) is -1.39. The van der Waals surface area contributed by atoms with E-state index in [1.54, 1.807) is 13.8 Å². The third-order valence-corrected chi connectivity index (χ3v) is 4.68. The van der Waals surface area contributed by atoms with Crippen LogP contribution in [0.2, 0.25) is 0 Å². The number of nitrogens with one attached hydrogen (secondary N) is 1. The van der Waals surface area contributed by atoms with Gasteiger partial charge in [-0.15, -0.1) is 0 Å². The first kappa shape index (κ1) is 15.6. The predicted octanol–water partition coefficient (Wildman–Crippen LogP) is 1.07. The molecule has 0 saturated carbocycles. The maximum absolute atomic E-state index is 12.2. The van der Waals surface area contributed by atoms with E-state index in [4.69, 9.17) is 9.63 Å². The SMILES string of the molecule is CCC(C)C(NS(=O)(=O)c1c(C)noc1C)C(=O)O. The van der Waals surface area contributed by atoms with Crippen LogP contribution < -0.4 is 4.72 Å². The van der Waals surface area contributed by atoms with Gasteiger partial charge in [0.15, 0.2) is 5.76 Å². The van der Waals surface area contributed by atoms with E-state index in [0.717, 1.165) is 0 Å². The summed E-state index contributed by atoms with van der Waals surface area (Å²) in [5, 5.41) is 12.7. The van der Waals surface area contributed by atoms with E-state index in [2.05, 4.69) is 9.88 Å². The second-order valence-corrected chi connectivity index (χ2v) is 6.13. The normalized spacial score (nSPS) is 15.2. The largest absolute Gasteiger partial charge is 0.480 e. The molecule has 0 spiro atoms. The molecule has 0 bridgehead atoms. The van der Waals surface area contributed by atoms with Crippen LogP contribution in [0.3, 0.4) is 0 Å². The van der Waals surface area contributed by atoms with Crippen molar-refractivity contribution >= 4 is 16.0 Å². The van der Waals surface area contributed by atoms with E-state index in [9.17, 15) is 13.2 Å². The molecule has 7 nitrogen and oxygen atoms in total. The minimum atomic E-state index is -3.96. The monoisotopic (exact) mass is 290 g/mol. The van der Waals surface area contributed by atoms with Crippen LogP contribution in [0.4, 0.5) is 0 Å². The van der Waals surface area contributed by atoms with Crippen molar-refractivity contribution in [2.45, 2.75) is 45.1 Å². The topological polar surface area (TPSA) is 110 Å². The summed E-state index contributed by atoms with van der Waals surface area (Å²) in [6.45, 7) is 6.43. The lowest BCUT2D eigenvalue weighted by Gasteiger charge is -2.19. The van der Waals surface area contributed by atoms with Crippen LogP contribution in [0.15, 0.2) is 9.42 Å². The molecule has 1 rings (SSSR count). The lowest BCUT2D eigenvalue weighted by Crippen LogP contribution is -2.45. The predicted molar refractivity (Wildman–Crippen MR) is 67.2 cm³/mol. The van der Waals surface area contributed by atoms with Crippen LogP contribution in [0, 0.1) is 19.8 Å². The highest BCUT2D eigenvalue weighted by atomic mass is 32.2. The molecule has 0 aliphatic carbocycles. The van der Waals surface area contributed by atoms with E-state index < -0.39 is 22.0 Å². The van der Waals surface area contributed by atoms with Crippen molar-refractivity contribution in [3.8, 4) is 0 Å². The van der Waals surface area contributed by atoms with Crippen LogP contribution in [-0.2, 0) is 14.8 Å². The average Bonchev–Trinajstić information content (AvgIpc) is 2.65. The molecule has 19 heavy (non-hydrogen) atoms. The Hall–Kier alpha value is -1.41. The molecule has 0 fully saturated rings. The smallest absolute Gasteiger partial charge is 0.322 e. The van der Waals surface area contributed by atoms with Crippen molar-refractivity contribution < 1.29 is 22.8 Å². The molecule has 0 radical (unpaired) electrons. The van der Waals surface area contributed by atoms with Crippen LogP contribution in [0.5, 0.6) is 0 Å². The zero-order valence-electron chi connectivity index (χ0n) is 11.3. The highest BCUT2D eigenvalue weighted by molar-refractivity contribution is 7.89. The van der Waals surface area contributed by atoms with Crippen LogP contribution >= 0.6 is 0 Å². The van der Waals surface area contributed by atoms with Crippen molar-refractivity contribution in [1.29, 1.82) is 0 Å². The molecule has 0 saturated heterocycles. The third-order valence-electron chi connectivity index (χ3n) is 3.00. The van der Waals surface area contributed by atoms with Gasteiger partial charge in [0, 0.05) is 0 Å². The summed E-state index contributed by atoms with van der Waals surface area (Å²) in [5.41, 5.74) is 0.207. The summed E-state index contributed by atoms with van der Waals surface area (Å²) in [6.07, 6.45) is 0.543. The maximum atomic E-state index is 12.2. The Morgan fingerprint density at radius 2 is 2.05 bits per heavy atom. The lowest BCUT2D eigenvalue weighted by molar-refractivity contribution is -0.140. The Kier molecular flexibility index (Phi) is 4.70. The fourth-order valence-electron chi connectivity index (χ4n) is 1.73. The molecule has 0 aliphatic rings. The van der Waals surface area contributed by atoms with Crippen LogP contribution in [0.25, 0.3) is 0 Å². The van der Waals surface area contributed by atoms with Crippen molar-refractivity contribution in [2.75, 3.05) is 0 Å². The summed E-state index contributed by atoms with van der Waals surface area (Å²) in [6, 6.07) is -1.18.